The molecule has 2 rings (SSSR count). The first-order valence-electron chi connectivity index (χ1n) is 5.85. The maximum absolute atomic E-state index is 9.43. The number of anilines is 2. The highest BCUT2D eigenvalue weighted by atomic mass is 79.9. The van der Waals surface area contributed by atoms with E-state index in [0.29, 0.717) is 5.92 Å². The number of rotatable bonds is 3. The van der Waals surface area contributed by atoms with Crippen molar-refractivity contribution in [3.05, 3.63) is 10.7 Å². The van der Waals surface area contributed by atoms with E-state index < -0.39 is 0 Å². The summed E-state index contributed by atoms with van der Waals surface area (Å²) in [6, 6.07) is 0. The molecule has 5 nitrogen and oxygen atoms in total. The monoisotopic (exact) mass is 300 g/mol. The van der Waals surface area contributed by atoms with Crippen LogP contribution < -0.4 is 11.1 Å². The van der Waals surface area contributed by atoms with Gasteiger partial charge < -0.3 is 16.2 Å². The zero-order valence-electron chi connectivity index (χ0n) is 9.56. The van der Waals surface area contributed by atoms with Gasteiger partial charge in [-0.25, -0.2) is 4.98 Å². The third-order valence-corrected chi connectivity index (χ3v) is 3.72. The zero-order valence-corrected chi connectivity index (χ0v) is 11.2. The zero-order chi connectivity index (χ0) is 12.3. The second kappa shape index (κ2) is 5.64. The predicted octanol–water partition coefficient (Wildman–Crippen LogP) is 1.78. The Morgan fingerprint density at radius 2 is 2.12 bits per heavy atom. The summed E-state index contributed by atoms with van der Waals surface area (Å²) in [6.45, 7) is 0.863. The summed E-state index contributed by atoms with van der Waals surface area (Å²) in [7, 11) is 0. The number of hydrogen-bond acceptors (Lipinski definition) is 5. The molecular weight excluding hydrogens is 284 g/mol. The Morgan fingerprint density at radius 3 is 2.82 bits per heavy atom. The first kappa shape index (κ1) is 12.6. The molecule has 0 aliphatic heterocycles. The van der Waals surface area contributed by atoms with Crippen molar-refractivity contribution >= 4 is 27.7 Å². The Morgan fingerprint density at radius 1 is 1.41 bits per heavy atom. The molecular formula is C11H17BrN4O. The summed E-state index contributed by atoms with van der Waals surface area (Å²) in [5.74, 6) is 1.61. The van der Waals surface area contributed by atoms with Gasteiger partial charge in [-0.3, -0.25) is 0 Å². The predicted molar refractivity (Wildman–Crippen MR) is 70.6 cm³/mol. The van der Waals surface area contributed by atoms with Crippen LogP contribution in [-0.2, 0) is 0 Å². The van der Waals surface area contributed by atoms with E-state index in [1.165, 1.54) is 0 Å². The molecule has 1 heterocycles. The third-order valence-electron chi connectivity index (χ3n) is 3.14. The molecule has 0 radical (unpaired) electrons. The molecule has 1 saturated carbocycles. The molecule has 0 bridgehead atoms. The maximum atomic E-state index is 9.43. The fraction of sp³-hybridized carbons (Fsp3) is 0.636. The molecule has 6 heteroatoms. The molecule has 1 fully saturated rings. The van der Waals surface area contributed by atoms with Gasteiger partial charge in [-0.05, 0) is 47.5 Å². The minimum absolute atomic E-state index is 0.104. The number of nitrogen functional groups attached to an aromatic ring is 1. The molecule has 1 aliphatic carbocycles. The molecule has 1 aliphatic rings. The molecule has 1 aromatic heterocycles. The average molecular weight is 301 g/mol. The molecule has 0 amide bonds. The lowest BCUT2D eigenvalue weighted by atomic mass is 9.87. The Balaban J connectivity index is 1.87. The minimum Gasteiger partial charge on any atom is -0.393 e. The second-order valence-electron chi connectivity index (χ2n) is 4.48. The van der Waals surface area contributed by atoms with Gasteiger partial charge in [0.2, 0.25) is 5.95 Å². The van der Waals surface area contributed by atoms with Crippen molar-refractivity contribution < 1.29 is 5.11 Å². The summed E-state index contributed by atoms with van der Waals surface area (Å²) in [5, 5.41) is 12.7. The topological polar surface area (TPSA) is 84.1 Å². The molecule has 1 aromatic rings. The minimum atomic E-state index is -0.104. The number of halogens is 1. The fourth-order valence-electron chi connectivity index (χ4n) is 2.09. The van der Waals surface area contributed by atoms with Crippen LogP contribution in [0.25, 0.3) is 0 Å². The highest BCUT2D eigenvalue weighted by molar-refractivity contribution is 9.10. The van der Waals surface area contributed by atoms with Gasteiger partial charge in [0.15, 0.2) is 0 Å². The van der Waals surface area contributed by atoms with Crippen molar-refractivity contribution in [1.82, 2.24) is 9.97 Å². The van der Waals surface area contributed by atoms with Crippen LogP contribution in [0.15, 0.2) is 10.7 Å². The van der Waals surface area contributed by atoms with Crippen LogP contribution in [0.3, 0.4) is 0 Å². The van der Waals surface area contributed by atoms with Gasteiger partial charge in [-0.1, -0.05) is 0 Å². The number of nitrogens with two attached hydrogens (primary N) is 1. The van der Waals surface area contributed by atoms with Gasteiger partial charge in [0, 0.05) is 12.7 Å². The van der Waals surface area contributed by atoms with Crippen LogP contribution in [0.2, 0.25) is 0 Å². The van der Waals surface area contributed by atoms with Crippen LogP contribution in [0, 0.1) is 5.92 Å². The van der Waals surface area contributed by atoms with Crippen molar-refractivity contribution in [3.8, 4) is 0 Å². The smallest absolute Gasteiger partial charge is 0.221 e. The highest BCUT2D eigenvalue weighted by Gasteiger charge is 2.19. The third kappa shape index (κ3) is 3.54. The van der Waals surface area contributed by atoms with E-state index in [2.05, 4.69) is 31.2 Å². The van der Waals surface area contributed by atoms with Gasteiger partial charge in [0.1, 0.15) is 5.82 Å². The quantitative estimate of drug-likeness (QED) is 0.792. The molecule has 94 valence electrons. The van der Waals surface area contributed by atoms with Crippen LogP contribution in [-0.4, -0.2) is 27.7 Å². The number of aromatic nitrogens is 2. The van der Waals surface area contributed by atoms with Crippen LogP contribution in [0.1, 0.15) is 25.7 Å². The number of nitrogens with zero attached hydrogens (tertiary/aromatic N) is 2. The van der Waals surface area contributed by atoms with Gasteiger partial charge in [-0.2, -0.15) is 4.98 Å². The molecule has 0 spiro atoms. The standard InChI is InChI=1S/C11H17BrN4O/c12-9-6-15-11(13)16-10(9)14-5-7-1-3-8(17)4-2-7/h6-8,17H,1-5H2,(H3,13,14,15,16). The highest BCUT2D eigenvalue weighted by Crippen LogP contribution is 2.25. The molecule has 0 saturated heterocycles. The molecule has 4 N–H and O–H groups in total. The Bertz CT molecular complexity index is 380. The molecule has 17 heavy (non-hydrogen) atoms. The summed E-state index contributed by atoms with van der Waals surface area (Å²) >= 11 is 3.38. The van der Waals surface area contributed by atoms with Crippen molar-refractivity contribution in [1.29, 1.82) is 0 Å². The van der Waals surface area contributed by atoms with Crippen molar-refractivity contribution in [2.45, 2.75) is 31.8 Å². The lowest BCUT2D eigenvalue weighted by Crippen LogP contribution is -2.24. The van der Waals surface area contributed by atoms with E-state index in [0.717, 1.165) is 42.5 Å². The summed E-state index contributed by atoms with van der Waals surface area (Å²) in [6.07, 6.45) is 5.47. The van der Waals surface area contributed by atoms with E-state index in [4.69, 9.17) is 5.73 Å². The van der Waals surface area contributed by atoms with Gasteiger partial charge in [-0.15, -0.1) is 0 Å². The van der Waals surface area contributed by atoms with E-state index in [1.807, 2.05) is 0 Å². The largest absolute Gasteiger partial charge is 0.393 e. The first-order valence-corrected chi connectivity index (χ1v) is 6.64. The van der Waals surface area contributed by atoms with Crippen molar-refractivity contribution in [2.24, 2.45) is 5.92 Å². The maximum Gasteiger partial charge on any atom is 0.221 e. The fourth-order valence-corrected chi connectivity index (χ4v) is 2.43. The number of aliphatic hydroxyl groups is 1. The molecule has 0 unspecified atom stereocenters. The average Bonchev–Trinajstić information content (AvgIpc) is 2.32. The van der Waals surface area contributed by atoms with Gasteiger partial charge in [0.05, 0.1) is 10.6 Å². The lowest BCUT2D eigenvalue weighted by molar-refractivity contribution is 0.111. The molecule has 0 atom stereocenters. The summed E-state index contributed by atoms with van der Waals surface area (Å²) in [4.78, 5) is 8.02. The molecule has 0 aromatic carbocycles. The van der Waals surface area contributed by atoms with Gasteiger partial charge in [0.25, 0.3) is 0 Å². The summed E-state index contributed by atoms with van der Waals surface area (Å²) in [5.41, 5.74) is 5.54. The van der Waals surface area contributed by atoms with Crippen LogP contribution in [0.4, 0.5) is 11.8 Å². The lowest BCUT2D eigenvalue weighted by Gasteiger charge is -2.25. The van der Waals surface area contributed by atoms with Gasteiger partial charge >= 0.3 is 0 Å². The van der Waals surface area contributed by atoms with Crippen molar-refractivity contribution in [3.63, 3.8) is 0 Å². The number of nitrogens with one attached hydrogen (secondary N) is 1. The Kier molecular flexibility index (Phi) is 4.17. The van der Waals surface area contributed by atoms with Crippen LogP contribution >= 0.6 is 15.9 Å². The van der Waals surface area contributed by atoms with E-state index in [-0.39, 0.29) is 12.1 Å². The Labute approximate surface area is 109 Å². The normalized spacial score (nSPS) is 24.6. The SMILES string of the molecule is Nc1ncc(Br)c(NCC2CCC(O)CC2)n1. The van der Waals surface area contributed by atoms with Crippen LogP contribution in [0.5, 0.6) is 0 Å². The van der Waals surface area contributed by atoms with E-state index in [1.54, 1.807) is 6.20 Å². The van der Waals surface area contributed by atoms with Crippen molar-refractivity contribution in [2.75, 3.05) is 17.6 Å². The number of aliphatic hydroxyl groups excluding tert-OH is 1. The van der Waals surface area contributed by atoms with E-state index >= 15 is 0 Å². The number of hydrogen-bond donors (Lipinski definition) is 3. The first-order chi connectivity index (χ1) is 8.15. The summed E-state index contributed by atoms with van der Waals surface area (Å²) < 4.78 is 0.822. The van der Waals surface area contributed by atoms with E-state index in [9.17, 15) is 5.11 Å². The second-order valence-corrected chi connectivity index (χ2v) is 5.33. The Hall–Kier alpha value is -0.880.